The highest BCUT2D eigenvalue weighted by Gasteiger charge is 2.41. The Bertz CT molecular complexity index is 303. The van der Waals surface area contributed by atoms with Gasteiger partial charge >= 0.3 is 0 Å². The molecule has 2 aliphatic carbocycles. The van der Waals surface area contributed by atoms with Crippen molar-refractivity contribution in [3.8, 4) is 0 Å². The van der Waals surface area contributed by atoms with E-state index in [1.165, 1.54) is 18.4 Å². The molecule has 0 radical (unpaired) electrons. The van der Waals surface area contributed by atoms with E-state index in [0.717, 1.165) is 18.4 Å². The van der Waals surface area contributed by atoms with Crippen molar-refractivity contribution in [1.29, 1.82) is 0 Å². The predicted molar refractivity (Wildman–Crippen MR) is 54.9 cm³/mol. The fourth-order valence-corrected chi connectivity index (χ4v) is 3.05. The number of carbonyl (C=O) groups excluding carboxylic acids is 1. The average molecular weight is 194 g/mol. The van der Waals surface area contributed by atoms with Crippen LogP contribution in [-0.2, 0) is 4.79 Å². The number of rotatable bonds is 0. The Balaban J connectivity index is 2.43. The molecule has 1 N–H and O–H groups in total. The lowest BCUT2D eigenvalue weighted by atomic mass is 9.63. The smallest absolute Gasteiger partial charge is 0.186 e. The summed E-state index contributed by atoms with van der Waals surface area (Å²) < 4.78 is 0. The van der Waals surface area contributed by atoms with Crippen molar-refractivity contribution in [3.63, 3.8) is 0 Å². The van der Waals surface area contributed by atoms with Crippen LogP contribution in [0.2, 0.25) is 0 Å². The zero-order valence-electron chi connectivity index (χ0n) is 8.97. The van der Waals surface area contributed by atoms with Crippen LogP contribution < -0.4 is 0 Å². The quantitative estimate of drug-likeness (QED) is 0.642. The predicted octanol–water partition coefficient (Wildman–Crippen LogP) is 2.22. The van der Waals surface area contributed by atoms with Gasteiger partial charge in [-0.05, 0) is 43.6 Å². The van der Waals surface area contributed by atoms with Crippen LogP contribution in [0.3, 0.4) is 0 Å². The molecule has 0 amide bonds. The van der Waals surface area contributed by atoms with Crippen LogP contribution in [-0.4, -0.2) is 17.0 Å². The molecule has 78 valence electrons. The Morgan fingerprint density at radius 3 is 2.86 bits per heavy atom. The van der Waals surface area contributed by atoms with Gasteiger partial charge < -0.3 is 5.11 Å². The van der Waals surface area contributed by atoms with E-state index in [9.17, 15) is 9.90 Å². The fraction of sp³-hybridized carbons (Fsp3) is 0.750. The molecule has 2 heteroatoms. The van der Waals surface area contributed by atoms with E-state index >= 15 is 0 Å². The van der Waals surface area contributed by atoms with Crippen molar-refractivity contribution in [2.75, 3.05) is 0 Å². The summed E-state index contributed by atoms with van der Waals surface area (Å²) in [6.07, 6.45) is 4.50. The minimum absolute atomic E-state index is 0.0422. The number of aliphatic hydroxyl groups is 1. The molecule has 2 aliphatic rings. The normalized spacial score (nSPS) is 38.5. The van der Waals surface area contributed by atoms with Gasteiger partial charge in [-0.25, -0.2) is 0 Å². The second-order valence-corrected chi connectivity index (χ2v) is 4.96. The van der Waals surface area contributed by atoms with Crippen molar-refractivity contribution in [1.82, 2.24) is 0 Å². The lowest BCUT2D eigenvalue weighted by Crippen LogP contribution is -2.39. The topological polar surface area (TPSA) is 37.3 Å². The molecule has 0 aliphatic heterocycles. The van der Waals surface area contributed by atoms with Gasteiger partial charge in [0, 0.05) is 0 Å². The first kappa shape index (κ1) is 9.91. The van der Waals surface area contributed by atoms with Gasteiger partial charge in [-0.2, -0.15) is 0 Å². The maximum atomic E-state index is 11.6. The molecule has 0 aromatic carbocycles. The van der Waals surface area contributed by atoms with Crippen LogP contribution in [0.5, 0.6) is 0 Å². The molecule has 0 heterocycles. The second kappa shape index (κ2) is 3.20. The van der Waals surface area contributed by atoms with E-state index in [4.69, 9.17) is 0 Å². The van der Waals surface area contributed by atoms with Crippen molar-refractivity contribution >= 4 is 5.78 Å². The fourth-order valence-electron chi connectivity index (χ4n) is 3.05. The maximum Gasteiger partial charge on any atom is 0.186 e. The van der Waals surface area contributed by atoms with Gasteiger partial charge in [-0.15, -0.1) is 0 Å². The van der Waals surface area contributed by atoms with E-state index in [1.54, 1.807) is 0 Å². The average Bonchev–Trinajstić information content (AvgIpc) is 2.14. The van der Waals surface area contributed by atoms with E-state index in [-0.39, 0.29) is 11.2 Å². The van der Waals surface area contributed by atoms with Gasteiger partial charge in [0.15, 0.2) is 5.78 Å². The molecule has 2 atom stereocenters. The van der Waals surface area contributed by atoms with Crippen molar-refractivity contribution in [2.24, 2.45) is 5.41 Å². The molecule has 2 nitrogen and oxygen atoms in total. The third kappa shape index (κ3) is 1.33. The number of allylic oxidation sites excluding steroid dienone is 1. The third-order valence-electron chi connectivity index (χ3n) is 3.90. The van der Waals surface area contributed by atoms with E-state index in [1.807, 2.05) is 6.92 Å². The molecule has 0 saturated heterocycles. The molecular formula is C12H18O2. The number of hydrogen-bond donors (Lipinski definition) is 1. The Labute approximate surface area is 85.0 Å². The summed E-state index contributed by atoms with van der Waals surface area (Å²) in [5.41, 5.74) is 2.26. The van der Waals surface area contributed by atoms with Crippen LogP contribution >= 0.6 is 0 Å². The molecule has 0 spiro atoms. The molecule has 0 bridgehead atoms. The van der Waals surface area contributed by atoms with Crippen LogP contribution in [0.1, 0.15) is 46.0 Å². The lowest BCUT2D eigenvalue weighted by Gasteiger charge is -2.42. The number of ketones is 1. The zero-order chi connectivity index (χ0) is 10.3. The number of hydrogen-bond acceptors (Lipinski definition) is 2. The highest BCUT2D eigenvalue weighted by atomic mass is 16.3. The first-order valence-electron chi connectivity index (χ1n) is 5.47. The van der Waals surface area contributed by atoms with Crippen molar-refractivity contribution in [2.45, 2.75) is 52.1 Å². The van der Waals surface area contributed by atoms with Gasteiger partial charge in [0.1, 0.15) is 6.10 Å². The maximum absolute atomic E-state index is 11.6. The van der Waals surface area contributed by atoms with Crippen LogP contribution in [0.15, 0.2) is 11.1 Å². The molecule has 1 fully saturated rings. The molecule has 14 heavy (non-hydrogen) atoms. The molecule has 1 unspecified atom stereocenters. The van der Waals surface area contributed by atoms with Crippen LogP contribution in [0, 0.1) is 5.41 Å². The number of Topliss-reactive ketones (excluding diaryl/α,β-unsaturated/α-hetero) is 1. The third-order valence-corrected chi connectivity index (χ3v) is 3.90. The Hall–Kier alpha value is -0.630. The minimum Gasteiger partial charge on any atom is -0.385 e. The summed E-state index contributed by atoms with van der Waals surface area (Å²) in [7, 11) is 0. The molecule has 0 aromatic heterocycles. The van der Waals surface area contributed by atoms with Gasteiger partial charge in [-0.3, -0.25) is 4.79 Å². The zero-order valence-corrected chi connectivity index (χ0v) is 8.97. The summed E-state index contributed by atoms with van der Waals surface area (Å²) >= 11 is 0. The van der Waals surface area contributed by atoms with E-state index < -0.39 is 6.10 Å². The molecular weight excluding hydrogens is 176 g/mol. The standard InChI is InChI=1S/C12H18O2/c1-8-9-5-3-4-6-12(9,2)7-10(13)11(8)14/h10,13H,3-7H2,1-2H3/t10?,12-/m0/s1. The molecule has 2 rings (SSSR count). The molecule has 1 saturated carbocycles. The summed E-state index contributed by atoms with van der Waals surface area (Å²) in [6.45, 7) is 4.07. The lowest BCUT2D eigenvalue weighted by molar-refractivity contribution is -0.126. The van der Waals surface area contributed by atoms with Gasteiger partial charge in [0.25, 0.3) is 0 Å². The monoisotopic (exact) mass is 194 g/mol. The highest BCUT2D eigenvalue weighted by Crippen LogP contribution is 2.48. The van der Waals surface area contributed by atoms with Gasteiger partial charge in [0.2, 0.25) is 0 Å². The summed E-state index contributed by atoms with van der Waals surface area (Å²) in [6, 6.07) is 0. The van der Waals surface area contributed by atoms with Crippen LogP contribution in [0.25, 0.3) is 0 Å². The second-order valence-electron chi connectivity index (χ2n) is 4.96. The van der Waals surface area contributed by atoms with Gasteiger partial charge in [0.05, 0.1) is 0 Å². The summed E-state index contributed by atoms with van der Waals surface area (Å²) in [5.74, 6) is -0.0422. The largest absolute Gasteiger partial charge is 0.385 e. The molecule has 0 aromatic rings. The number of fused-ring (bicyclic) bond motifs is 1. The Morgan fingerprint density at radius 1 is 1.43 bits per heavy atom. The summed E-state index contributed by atoms with van der Waals surface area (Å²) in [4.78, 5) is 11.6. The Kier molecular flexibility index (Phi) is 2.26. The summed E-state index contributed by atoms with van der Waals surface area (Å²) in [5, 5.41) is 9.67. The first-order chi connectivity index (χ1) is 6.54. The van der Waals surface area contributed by atoms with E-state index in [2.05, 4.69) is 6.92 Å². The highest BCUT2D eigenvalue weighted by molar-refractivity contribution is 6.00. The van der Waals surface area contributed by atoms with E-state index in [0.29, 0.717) is 6.42 Å². The number of aliphatic hydroxyl groups excluding tert-OH is 1. The van der Waals surface area contributed by atoms with Crippen LogP contribution in [0.4, 0.5) is 0 Å². The van der Waals surface area contributed by atoms with Crippen molar-refractivity contribution < 1.29 is 9.90 Å². The first-order valence-corrected chi connectivity index (χ1v) is 5.47. The Morgan fingerprint density at radius 2 is 2.14 bits per heavy atom. The minimum atomic E-state index is -0.748. The van der Waals surface area contributed by atoms with Gasteiger partial charge in [-0.1, -0.05) is 18.9 Å². The SMILES string of the molecule is CC1=C2CCCC[C@@]2(C)CC(O)C1=O. The van der Waals surface area contributed by atoms with Crippen molar-refractivity contribution in [3.05, 3.63) is 11.1 Å². The number of carbonyl (C=O) groups is 1.